The zero-order chi connectivity index (χ0) is 14.1. The van der Waals surface area contributed by atoms with E-state index in [1.54, 1.807) is 0 Å². The molecule has 0 fully saturated rings. The molecule has 0 aliphatic rings. The Kier molecular flexibility index (Phi) is 7.76. The minimum Gasteiger partial charge on any atom is -0.379 e. The van der Waals surface area contributed by atoms with Crippen LogP contribution in [0.2, 0.25) is 0 Å². The Morgan fingerprint density at radius 1 is 1.26 bits per heavy atom. The summed E-state index contributed by atoms with van der Waals surface area (Å²) in [5.74, 6) is 0.653. The molecule has 1 rings (SSSR count). The highest BCUT2D eigenvalue weighted by Gasteiger charge is 2.10. The molecule has 1 aromatic carbocycles. The molecule has 0 heterocycles. The van der Waals surface area contributed by atoms with Crippen molar-refractivity contribution in [2.75, 3.05) is 19.7 Å². The van der Waals surface area contributed by atoms with Crippen LogP contribution in [0.4, 0.5) is 0 Å². The number of hydrogen-bond donors (Lipinski definition) is 1. The highest BCUT2D eigenvalue weighted by atomic mass is 16.5. The van der Waals surface area contributed by atoms with Crippen LogP contribution >= 0.6 is 0 Å². The molecule has 0 spiro atoms. The van der Waals surface area contributed by atoms with E-state index in [0.29, 0.717) is 12.0 Å². The largest absolute Gasteiger partial charge is 0.379 e. The van der Waals surface area contributed by atoms with Crippen LogP contribution in [0.1, 0.15) is 38.3 Å². The summed E-state index contributed by atoms with van der Waals surface area (Å²) >= 11 is 0. The van der Waals surface area contributed by atoms with Crippen LogP contribution in [0.5, 0.6) is 0 Å². The van der Waals surface area contributed by atoms with E-state index in [9.17, 15) is 0 Å². The summed E-state index contributed by atoms with van der Waals surface area (Å²) < 4.78 is 5.69. The molecule has 108 valence electrons. The van der Waals surface area contributed by atoms with E-state index in [4.69, 9.17) is 4.74 Å². The Hall–Kier alpha value is -0.860. The predicted molar refractivity (Wildman–Crippen MR) is 82.6 cm³/mol. The first-order valence-corrected chi connectivity index (χ1v) is 7.49. The molecule has 0 saturated heterocycles. The van der Waals surface area contributed by atoms with Crippen LogP contribution in [0.15, 0.2) is 24.3 Å². The number of rotatable bonds is 9. The first-order valence-electron chi connectivity index (χ1n) is 7.49. The number of benzene rings is 1. The fourth-order valence-electron chi connectivity index (χ4n) is 2.27. The van der Waals surface area contributed by atoms with E-state index in [2.05, 4.69) is 57.3 Å². The summed E-state index contributed by atoms with van der Waals surface area (Å²) in [6, 6.07) is 8.84. The van der Waals surface area contributed by atoms with Gasteiger partial charge >= 0.3 is 0 Å². The summed E-state index contributed by atoms with van der Waals surface area (Å²) in [6.45, 7) is 11.5. The summed E-state index contributed by atoms with van der Waals surface area (Å²) in [7, 11) is 0. The van der Waals surface area contributed by atoms with Crippen molar-refractivity contribution in [2.45, 2.75) is 46.6 Å². The van der Waals surface area contributed by atoms with Crippen LogP contribution in [-0.2, 0) is 11.2 Å². The van der Waals surface area contributed by atoms with Crippen molar-refractivity contribution in [3.05, 3.63) is 35.4 Å². The third kappa shape index (κ3) is 7.34. The first kappa shape index (κ1) is 16.2. The predicted octanol–water partition coefficient (Wildman–Crippen LogP) is 3.58. The van der Waals surface area contributed by atoms with Crippen LogP contribution < -0.4 is 5.32 Å². The Labute approximate surface area is 118 Å². The topological polar surface area (TPSA) is 21.3 Å². The highest BCUT2D eigenvalue weighted by Crippen LogP contribution is 2.14. The van der Waals surface area contributed by atoms with E-state index in [-0.39, 0.29) is 0 Å². The van der Waals surface area contributed by atoms with Crippen molar-refractivity contribution in [3.8, 4) is 0 Å². The van der Waals surface area contributed by atoms with E-state index in [0.717, 1.165) is 32.5 Å². The van der Waals surface area contributed by atoms with Gasteiger partial charge in [0.25, 0.3) is 0 Å². The minimum absolute atomic E-state index is 0.332. The molecule has 0 bridgehead atoms. The third-order valence-electron chi connectivity index (χ3n) is 3.27. The molecule has 0 radical (unpaired) electrons. The average molecular weight is 263 g/mol. The lowest BCUT2D eigenvalue weighted by Gasteiger charge is -2.18. The number of aryl methyl sites for hydroxylation is 1. The minimum atomic E-state index is 0.332. The summed E-state index contributed by atoms with van der Waals surface area (Å²) in [5, 5.41) is 3.47. The summed E-state index contributed by atoms with van der Waals surface area (Å²) in [4.78, 5) is 0. The quantitative estimate of drug-likeness (QED) is 0.735. The highest BCUT2D eigenvalue weighted by molar-refractivity contribution is 5.22. The normalized spacial score (nSPS) is 12.9. The van der Waals surface area contributed by atoms with Gasteiger partial charge in [-0.1, -0.05) is 36.8 Å². The third-order valence-corrected chi connectivity index (χ3v) is 3.27. The van der Waals surface area contributed by atoms with Crippen molar-refractivity contribution < 1.29 is 4.74 Å². The van der Waals surface area contributed by atoms with Gasteiger partial charge in [-0.15, -0.1) is 0 Å². The fourth-order valence-corrected chi connectivity index (χ4v) is 2.27. The maximum atomic E-state index is 5.69. The maximum absolute atomic E-state index is 5.69. The Morgan fingerprint density at radius 2 is 2.05 bits per heavy atom. The molecule has 1 atom stereocenters. The van der Waals surface area contributed by atoms with Crippen LogP contribution in [0.25, 0.3) is 0 Å². The zero-order valence-electron chi connectivity index (χ0n) is 12.9. The second-order valence-corrected chi connectivity index (χ2v) is 5.58. The first-order chi connectivity index (χ1) is 9.11. The van der Waals surface area contributed by atoms with Crippen molar-refractivity contribution in [2.24, 2.45) is 5.92 Å². The second-order valence-electron chi connectivity index (χ2n) is 5.58. The molecule has 1 unspecified atom stereocenters. The van der Waals surface area contributed by atoms with Crippen LogP contribution in [0, 0.1) is 12.8 Å². The number of ether oxygens (including phenoxy) is 1. The molecule has 0 amide bonds. The Balaban J connectivity index is 2.48. The van der Waals surface area contributed by atoms with Gasteiger partial charge in [-0.05, 0) is 58.2 Å². The fraction of sp³-hybridized carbons (Fsp3) is 0.647. The number of nitrogens with one attached hydrogen (secondary N) is 1. The molecule has 0 aliphatic carbocycles. The van der Waals surface area contributed by atoms with E-state index in [1.165, 1.54) is 11.1 Å². The molecule has 0 aromatic heterocycles. The molecular formula is C17H29NO. The van der Waals surface area contributed by atoms with Crippen LogP contribution in [0.3, 0.4) is 0 Å². The van der Waals surface area contributed by atoms with E-state index in [1.807, 2.05) is 0 Å². The van der Waals surface area contributed by atoms with Crippen molar-refractivity contribution in [1.82, 2.24) is 5.32 Å². The van der Waals surface area contributed by atoms with Gasteiger partial charge in [0.2, 0.25) is 0 Å². The number of hydrogen-bond acceptors (Lipinski definition) is 2. The van der Waals surface area contributed by atoms with Crippen molar-refractivity contribution >= 4 is 0 Å². The maximum Gasteiger partial charge on any atom is 0.0518 e. The summed E-state index contributed by atoms with van der Waals surface area (Å²) in [5.41, 5.74) is 2.78. The summed E-state index contributed by atoms with van der Waals surface area (Å²) in [6.07, 6.45) is 2.59. The smallest absolute Gasteiger partial charge is 0.0518 e. The average Bonchev–Trinajstić information content (AvgIpc) is 2.35. The lowest BCUT2D eigenvalue weighted by atomic mass is 9.95. The Morgan fingerprint density at radius 3 is 2.68 bits per heavy atom. The van der Waals surface area contributed by atoms with Gasteiger partial charge < -0.3 is 10.1 Å². The SMILES string of the molecule is CCNCC(CCOC(C)C)Cc1cccc(C)c1. The zero-order valence-corrected chi connectivity index (χ0v) is 12.9. The van der Waals surface area contributed by atoms with Gasteiger partial charge in [0.1, 0.15) is 0 Å². The lowest BCUT2D eigenvalue weighted by molar-refractivity contribution is 0.0683. The molecule has 1 N–H and O–H groups in total. The molecule has 0 aliphatic heterocycles. The van der Waals surface area contributed by atoms with Gasteiger partial charge in [0.05, 0.1) is 6.10 Å². The molecule has 1 aromatic rings. The Bertz CT molecular complexity index is 349. The van der Waals surface area contributed by atoms with Gasteiger partial charge in [-0.2, -0.15) is 0 Å². The molecule has 19 heavy (non-hydrogen) atoms. The molecule has 0 saturated carbocycles. The van der Waals surface area contributed by atoms with Crippen molar-refractivity contribution in [3.63, 3.8) is 0 Å². The van der Waals surface area contributed by atoms with E-state index >= 15 is 0 Å². The molecule has 2 heteroatoms. The monoisotopic (exact) mass is 263 g/mol. The van der Waals surface area contributed by atoms with Gasteiger partial charge in [-0.3, -0.25) is 0 Å². The van der Waals surface area contributed by atoms with Gasteiger partial charge in [-0.25, -0.2) is 0 Å². The standard InChI is InChI=1S/C17H29NO/c1-5-18-13-17(9-10-19-14(2)3)12-16-8-6-7-15(4)11-16/h6-8,11,14,17-18H,5,9-10,12-13H2,1-4H3. The van der Waals surface area contributed by atoms with E-state index < -0.39 is 0 Å². The lowest BCUT2D eigenvalue weighted by Crippen LogP contribution is -2.25. The van der Waals surface area contributed by atoms with Gasteiger partial charge in [0, 0.05) is 6.61 Å². The van der Waals surface area contributed by atoms with Crippen LogP contribution in [-0.4, -0.2) is 25.8 Å². The van der Waals surface area contributed by atoms with Gasteiger partial charge in [0.15, 0.2) is 0 Å². The molecule has 2 nitrogen and oxygen atoms in total. The van der Waals surface area contributed by atoms with Crippen molar-refractivity contribution in [1.29, 1.82) is 0 Å². The second kappa shape index (κ2) is 9.11. The molecular weight excluding hydrogens is 234 g/mol.